The molecular formula is C17H23N3S2. The van der Waals surface area contributed by atoms with Crippen molar-refractivity contribution in [1.82, 2.24) is 15.2 Å². The third-order valence-corrected chi connectivity index (χ3v) is 6.11. The lowest BCUT2D eigenvalue weighted by Crippen LogP contribution is -2.44. The molecule has 0 amide bonds. The first kappa shape index (κ1) is 15.7. The molecule has 0 spiro atoms. The van der Waals surface area contributed by atoms with Crippen molar-refractivity contribution in [2.75, 3.05) is 7.05 Å². The highest BCUT2D eigenvalue weighted by Crippen LogP contribution is 2.29. The second-order valence-corrected chi connectivity index (χ2v) is 7.54. The van der Waals surface area contributed by atoms with Gasteiger partial charge in [0, 0.05) is 13.1 Å². The molecule has 1 aromatic heterocycles. The number of fused-ring (bicyclic) bond motifs is 1. The first-order valence-electron chi connectivity index (χ1n) is 8.04. The molecule has 1 saturated carbocycles. The zero-order valence-corrected chi connectivity index (χ0v) is 14.8. The van der Waals surface area contributed by atoms with Crippen LogP contribution in [0, 0.1) is 0 Å². The molecule has 1 N–H and O–H groups in total. The lowest BCUT2D eigenvalue weighted by atomic mass is 9.96. The first-order valence-corrected chi connectivity index (χ1v) is 9.26. The number of nitrogens with zero attached hydrogens (tertiary/aromatic N) is 2. The minimum atomic E-state index is 0.195. The second-order valence-electron chi connectivity index (χ2n) is 6.09. The third-order valence-electron chi connectivity index (χ3n) is 4.50. The van der Waals surface area contributed by atoms with E-state index in [0.717, 1.165) is 15.6 Å². The van der Waals surface area contributed by atoms with E-state index in [2.05, 4.69) is 42.4 Å². The third kappa shape index (κ3) is 3.41. The van der Waals surface area contributed by atoms with E-state index in [9.17, 15) is 0 Å². The summed E-state index contributed by atoms with van der Waals surface area (Å²) in [4.78, 5) is 6.89. The smallest absolute Gasteiger partial charge is 0.169 e. The number of hydrogen-bond donors (Lipinski definition) is 1. The van der Waals surface area contributed by atoms with E-state index in [4.69, 9.17) is 17.2 Å². The van der Waals surface area contributed by atoms with Gasteiger partial charge in [0.1, 0.15) is 5.01 Å². The average Bonchev–Trinajstić information content (AvgIpc) is 2.98. The molecule has 3 nitrogen and oxygen atoms in total. The molecule has 0 saturated heterocycles. The number of thiocarbonyl (C=S) groups is 1. The fourth-order valence-electron chi connectivity index (χ4n) is 2.93. The Morgan fingerprint density at radius 2 is 2.05 bits per heavy atom. The van der Waals surface area contributed by atoms with Crippen molar-refractivity contribution in [3.63, 3.8) is 0 Å². The second kappa shape index (κ2) is 6.92. The lowest BCUT2D eigenvalue weighted by molar-refractivity contribution is 0.362. The Morgan fingerprint density at radius 1 is 1.32 bits per heavy atom. The highest BCUT2D eigenvalue weighted by atomic mass is 32.1. The van der Waals surface area contributed by atoms with E-state index < -0.39 is 0 Å². The first-order chi connectivity index (χ1) is 10.6. The molecule has 0 unspecified atom stereocenters. The largest absolute Gasteiger partial charge is 0.360 e. The fourth-order valence-corrected chi connectivity index (χ4v) is 4.32. The van der Waals surface area contributed by atoms with Crippen molar-refractivity contribution in [3.05, 3.63) is 29.3 Å². The summed E-state index contributed by atoms with van der Waals surface area (Å²) in [5, 5.41) is 5.50. The summed E-state index contributed by atoms with van der Waals surface area (Å²) in [6, 6.07) is 9.04. The molecule has 0 bridgehead atoms. The summed E-state index contributed by atoms with van der Waals surface area (Å²) in [5.41, 5.74) is 1.08. The molecule has 1 aromatic carbocycles. The SMILES string of the molecule is C[C@H](c1nc2ccccc2s1)N(C)C(=S)NC1CCCCC1. The maximum Gasteiger partial charge on any atom is 0.169 e. The van der Waals surface area contributed by atoms with Gasteiger partial charge in [0.15, 0.2) is 5.11 Å². The number of aromatic nitrogens is 1. The molecule has 22 heavy (non-hydrogen) atoms. The van der Waals surface area contributed by atoms with Crippen LogP contribution in [-0.2, 0) is 0 Å². The van der Waals surface area contributed by atoms with Crippen LogP contribution in [0.2, 0.25) is 0 Å². The molecule has 1 atom stereocenters. The van der Waals surface area contributed by atoms with Crippen molar-refractivity contribution in [2.24, 2.45) is 0 Å². The van der Waals surface area contributed by atoms with Crippen LogP contribution in [-0.4, -0.2) is 28.1 Å². The lowest BCUT2D eigenvalue weighted by Gasteiger charge is -2.31. The van der Waals surface area contributed by atoms with Crippen LogP contribution in [0.4, 0.5) is 0 Å². The normalized spacial score (nSPS) is 17.4. The highest BCUT2D eigenvalue weighted by molar-refractivity contribution is 7.80. The quantitative estimate of drug-likeness (QED) is 0.837. The van der Waals surface area contributed by atoms with Gasteiger partial charge >= 0.3 is 0 Å². The zero-order valence-electron chi connectivity index (χ0n) is 13.2. The van der Waals surface area contributed by atoms with Gasteiger partial charge in [-0.25, -0.2) is 4.98 Å². The molecular weight excluding hydrogens is 310 g/mol. The van der Waals surface area contributed by atoms with Crippen LogP contribution >= 0.6 is 23.6 Å². The maximum atomic E-state index is 5.61. The standard InChI is InChI=1S/C17H23N3S2/c1-12(16-19-14-10-6-7-11-15(14)22-16)20(2)17(21)18-13-8-4-3-5-9-13/h6-7,10-13H,3-5,8-9H2,1-2H3,(H,18,21)/t12-/m1/s1. The van der Waals surface area contributed by atoms with E-state index in [1.54, 1.807) is 11.3 Å². The van der Waals surface area contributed by atoms with Gasteiger partial charge in [0.05, 0.1) is 16.3 Å². The number of para-hydroxylation sites is 1. The maximum absolute atomic E-state index is 5.61. The van der Waals surface area contributed by atoms with Crippen LogP contribution in [0.15, 0.2) is 24.3 Å². The minimum Gasteiger partial charge on any atom is -0.360 e. The van der Waals surface area contributed by atoms with Gasteiger partial charge in [-0.15, -0.1) is 11.3 Å². The molecule has 3 rings (SSSR count). The molecule has 1 aliphatic rings. The Labute approximate surface area is 141 Å². The Morgan fingerprint density at radius 3 is 2.77 bits per heavy atom. The summed E-state index contributed by atoms with van der Waals surface area (Å²) in [5.74, 6) is 0. The van der Waals surface area contributed by atoms with Gasteiger partial charge in [-0.2, -0.15) is 0 Å². The van der Waals surface area contributed by atoms with Crippen molar-refractivity contribution in [2.45, 2.75) is 51.1 Å². The summed E-state index contributed by atoms with van der Waals surface area (Å²) in [6.45, 7) is 2.17. The number of benzene rings is 1. The van der Waals surface area contributed by atoms with Gasteiger partial charge in [0.2, 0.25) is 0 Å². The molecule has 0 aliphatic heterocycles. The van der Waals surface area contributed by atoms with Crippen molar-refractivity contribution < 1.29 is 0 Å². The van der Waals surface area contributed by atoms with Crippen LogP contribution in [0.1, 0.15) is 50.1 Å². The predicted molar refractivity (Wildman–Crippen MR) is 98.4 cm³/mol. The van der Waals surface area contributed by atoms with Crippen LogP contribution < -0.4 is 5.32 Å². The Balaban J connectivity index is 1.67. The predicted octanol–water partition coefficient (Wildman–Crippen LogP) is 4.50. The molecule has 1 aliphatic carbocycles. The van der Waals surface area contributed by atoms with Crippen molar-refractivity contribution in [1.29, 1.82) is 0 Å². The molecule has 1 heterocycles. The number of thiazole rings is 1. The van der Waals surface area contributed by atoms with E-state index in [1.165, 1.54) is 36.8 Å². The van der Waals surface area contributed by atoms with Crippen LogP contribution in [0.25, 0.3) is 10.2 Å². The van der Waals surface area contributed by atoms with Crippen LogP contribution in [0.3, 0.4) is 0 Å². The van der Waals surface area contributed by atoms with Crippen molar-refractivity contribution >= 4 is 38.9 Å². The monoisotopic (exact) mass is 333 g/mol. The van der Waals surface area contributed by atoms with E-state index in [0.29, 0.717) is 6.04 Å². The van der Waals surface area contributed by atoms with Gasteiger partial charge in [-0.3, -0.25) is 0 Å². The molecule has 5 heteroatoms. The van der Waals surface area contributed by atoms with Gasteiger partial charge in [0.25, 0.3) is 0 Å². The van der Waals surface area contributed by atoms with Gasteiger partial charge < -0.3 is 10.2 Å². The zero-order chi connectivity index (χ0) is 15.5. The van der Waals surface area contributed by atoms with E-state index in [1.807, 2.05) is 6.07 Å². The minimum absolute atomic E-state index is 0.195. The van der Waals surface area contributed by atoms with Crippen LogP contribution in [0.5, 0.6) is 0 Å². The molecule has 1 fully saturated rings. The van der Waals surface area contributed by atoms with Gasteiger partial charge in [-0.1, -0.05) is 31.4 Å². The summed E-state index contributed by atoms with van der Waals surface area (Å²) in [6.07, 6.45) is 6.48. The summed E-state index contributed by atoms with van der Waals surface area (Å²) < 4.78 is 1.24. The van der Waals surface area contributed by atoms with Gasteiger partial charge in [-0.05, 0) is 44.1 Å². The number of rotatable bonds is 3. The Hall–Kier alpha value is -1.20. The summed E-state index contributed by atoms with van der Waals surface area (Å²) >= 11 is 7.36. The fraction of sp³-hybridized carbons (Fsp3) is 0.529. The number of nitrogens with one attached hydrogen (secondary N) is 1. The summed E-state index contributed by atoms with van der Waals surface area (Å²) in [7, 11) is 2.06. The average molecular weight is 334 g/mol. The molecule has 0 radical (unpaired) electrons. The number of hydrogen-bond acceptors (Lipinski definition) is 3. The van der Waals surface area contributed by atoms with E-state index >= 15 is 0 Å². The van der Waals surface area contributed by atoms with E-state index in [-0.39, 0.29) is 6.04 Å². The highest BCUT2D eigenvalue weighted by Gasteiger charge is 2.21. The molecule has 2 aromatic rings. The molecule has 118 valence electrons. The Kier molecular flexibility index (Phi) is 4.93. The van der Waals surface area contributed by atoms with Crippen molar-refractivity contribution in [3.8, 4) is 0 Å². The topological polar surface area (TPSA) is 28.2 Å². The Bertz CT molecular complexity index is 613.